The molecule has 1 saturated carbocycles. The Morgan fingerprint density at radius 1 is 1.38 bits per heavy atom. The predicted molar refractivity (Wildman–Crippen MR) is 66.6 cm³/mol. The van der Waals surface area contributed by atoms with E-state index in [1.54, 1.807) is 0 Å². The van der Waals surface area contributed by atoms with Crippen LogP contribution in [0.15, 0.2) is 24.3 Å². The zero-order valence-corrected chi connectivity index (χ0v) is 10.2. The summed E-state index contributed by atoms with van der Waals surface area (Å²) in [5.74, 6) is 0. The third kappa shape index (κ3) is 2.57. The van der Waals surface area contributed by atoms with Gasteiger partial charge in [0, 0.05) is 17.1 Å². The molecule has 1 aromatic carbocycles. The molecule has 1 aliphatic carbocycles. The number of hydrogen-bond donors (Lipinski definition) is 2. The van der Waals surface area contributed by atoms with Crippen LogP contribution in [0.3, 0.4) is 0 Å². The molecule has 0 heterocycles. The van der Waals surface area contributed by atoms with Gasteiger partial charge < -0.3 is 10.4 Å². The molecule has 3 heteroatoms. The first kappa shape index (κ1) is 11.9. The van der Waals surface area contributed by atoms with Crippen LogP contribution in [0.25, 0.3) is 0 Å². The molecule has 1 aromatic rings. The number of aliphatic hydroxyl groups excluding tert-OH is 1. The molecule has 0 aliphatic heterocycles. The second-order valence-corrected chi connectivity index (χ2v) is 4.92. The molecule has 0 spiro atoms. The van der Waals surface area contributed by atoms with E-state index in [1.165, 1.54) is 0 Å². The topological polar surface area (TPSA) is 32.3 Å². The van der Waals surface area contributed by atoms with Crippen molar-refractivity contribution in [1.29, 1.82) is 0 Å². The van der Waals surface area contributed by atoms with Crippen LogP contribution in [0.5, 0.6) is 0 Å². The molecule has 0 amide bonds. The predicted octanol–water partition coefficient (Wildman–Crippen LogP) is 2.90. The maximum Gasteiger partial charge on any atom is 0.0693 e. The molecule has 16 heavy (non-hydrogen) atoms. The van der Waals surface area contributed by atoms with Crippen LogP contribution in [0.1, 0.15) is 37.8 Å². The van der Waals surface area contributed by atoms with E-state index in [4.69, 9.17) is 11.6 Å². The van der Waals surface area contributed by atoms with Crippen LogP contribution in [-0.2, 0) is 0 Å². The number of benzene rings is 1. The van der Waals surface area contributed by atoms with Crippen molar-refractivity contribution in [2.75, 3.05) is 0 Å². The van der Waals surface area contributed by atoms with Gasteiger partial charge in [0.25, 0.3) is 0 Å². The highest BCUT2D eigenvalue weighted by atomic mass is 35.5. The van der Waals surface area contributed by atoms with Crippen LogP contribution >= 0.6 is 11.6 Å². The maximum atomic E-state index is 9.76. The van der Waals surface area contributed by atoms with Gasteiger partial charge in [-0.3, -0.25) is 0 Å². The summed E-state index contributed by atoms with van der Waals surface area (Å²) < 4.78 is 0. The highest BCUT2D eigenvalue weighted by molar-refractivity contribution is 6.31. The van der Waals surface area contributed by atoms with Gasteiger partial charge in [-0.1, -0.05) is 29.8 Å². The first-order chi connectivity index (χ1) is 7.68. The molecule has 0 aromatic heterocycles. The number of aliphatic hydroxyl groups is 1. The second kappa shape index (κ2) is 5.17. The summed E-state index contributed by atoms with van der Waals surface area (Å²) >= 11 is 6.14. The Bertz CT molecular complexity index is 356. The Morgan fingerprint density at radius 3 is 2.75 bits per heavy atom. The van der Waals surface area contributed by atoms with Crippen molar-refractivity contribution in [3.05, 3.63) is 34.9 Å². The zero-order chi connectivity index (χ0) is 11.5. The maximum absolute atomic E-state index is 9.76. The van der Waals surface area contributed by atoms with Gasteiger partial charge in [-0.25, -0.2) is 0 Å². The fourth-order valence-electron chi connectivity index (χ4n) is 2.37. The minimum atomic E-state index is -0.204. The lowest BCUT2D eigenvalue weighted by atomic mass is 10.1. The summed E-state index contributed by atoms with van der Waals surface area (Å²) in [5, 5.41) is 14.0. The van der Waals surface area contributed by atoms with E-state index in [1.807, 2.05) is 24.3 Å². The van der Waals surface area contributed by atoms with Gasteiger partial charge in [0.1, 0.15) is 0 Å². The lowest BCUT2D eigenvalue weighted by Crippen LogP contribution is -2.37. The van der Waals surface area contributed by atoms with Gasteiger partial charge in [0.2, 0.25) is 0 Å². The molecule has 2 nitrogen and oxygen atoms in total. The summed E-state index contributed by atoms with van der Waals surface area (Å²) in [6.07, 6.45) is 2.86. The standard InChI is InChI=1S/C13H18ClNO/c1-9(10-5-2-3-6-11(10)14)15-12-7-4-8-13(12)16/h2-3,5-6,9,12-13,15-16H,4,7-8H2,1H3/t9-,12?,13?/m1/s1. The number of halogens is 1. The van der Waals surface area contributed by atoms with E-state index >= 15 is 0 Å². The van der Waals surface area contributed by atoms with Gasteiger partial charge in [-0.05, 0) is 37.8 Å². The van der Waals surface area contributed by atoms with Crippen molar-refractivity contribution in [1.82, 2.24) is 5.32 Å². The van der Waals surface area contributed by atoms with Crippen LogP contribution in [0.2, 0.25) is 5.02 Å². The third-order valence-electron chi connectivity index (χ3n) is 3.32. The van der Waals surface area contributed by atoms with Gasteiger partial charge in [0.05, 0.1) is 6.10 Å². The average Bonchev–Trinajstić information content (AvgIpc) is 2.65. The molecule has 2 unspecified atom stereocenters. The van der Waals surface area contributed by atoms with Gasteiger partial charge in [0.15, 0.2) is 0 Å². The van der Waals surface area contributed by atoms with Crippen molar-refractivity contribution in [2.45, 2.75) is 44.4 Å². The fourth-order valence-corrected chi connectivity index (χ4v) is 2.67. The van der Waals surface area contributed by atoms with Crippen LogP contribution < -0.4 is 5.32 Å². The summed E-state index contributed by atoms with van der Waals surface area (Å²) in [5.41, 5.74) is 1.10. The molecular formula is C13H18ClNO. The average molecular weight is 240 g/mol. The molecule has 0 radical (unpaired) electrons. The monoisotopic (exact) mass is 239 g/mol. The van der Waals surface area contributed by atoms with E-state index in [2.05, 4.69) is 12.2 Å². The largest absolute Gasteiger partial charge is 0.392 e. The summed E-state index contributed by atoms with van der Waals surface area (Å²) in [6.45, 7) is 2.09. The smallest absolute Gasteiger partial charge is 0.0693 e. The first-order valence-corrected chi connectivity index (χ1v) is 6.25. The zero-order valence-electron chi connectivity index (χ0n) is 9.49. The quantitative estimate of drug-likeness (QED) is 0.850. The SMILES string of the molecule is C[C@@H](NC1CCCC1O)c1ccccc1Cl. The lowest BCUT2D eigenvalue weighted by molar-refractivity contribution is 0.144. The first-order valence-electron chi connectivity index (χ1n) is 5.87. The highest BCUT2D eigenvalue weighted by Crippen LogP contribution is 2.26. The Labute approximate surface area is 102 Å². The Hall–Kier alpha value is -0.570. The fraction of sp³-hybridized carbons (Fsp3) is 0.538. The Balaban J connectivity index is 2.03. The van der Waals surface area contributed by atoms with E-state index < -0.39 is 0 Å². The second-order valence-electron chi connectivity index (χ2n) is 4.51. The van der Waals surface area contributed by atoms with Crippen LogP contribution in [0, 0.1) is 0 Å². The van der Waals surface area contributed by atoms with Gasteiger partial charge >= 0.3 is 0 Å². The number of hydrogen-bond acceptors (Lipinski definition) is 2. The molecule has 2 N–H and O–H groups in total. The van der Waals surface area contributed by atoms with E-state index in [-0.39, 0.29) is 18.2 Å². The van der Waals surface area contributed by atoms with E-state index in [9.17, 15) is 5.11 Å². The Kier molecular flexibility index (Phi) is 3.85. The van der Waals surface area contributed by atoms with Crippen molar-refractivity contribution in [3.63, 3.8) is 0 Å². The molecule has 0 bridgehead atoms. The third-order valence-corrected chi connectivity index (χ3v) is 3.66. The number of nitrogens with one attached hydrogen (secondary N) is 1. The van der Waals surface area contributed by atoms with Crippen LogP contribution in [0.4, 0.5) is 0 Å². The normalized spacial score (nSPS) is 26.9. The molecule has 2 rings (SSSR count). The molecule has 1 aliphatic rings. The Morgan fingerprint density at radius 2 is 2.12 bits per heavy atom. The molecule has 88 valence electrons. The van der Waals surface area contributed by atoms with E-state index in [0.29, 0.717) is 0 Å². The van der Waals surface area contributed by atoms with Crippen molar-refractivity contribution >= 4 is 11.6 Å². The minimum Gasteiger partial charge on any atom is -0.392 e. The van der Waals surface area contributed by atoms with Crippen molar-refractivity contribution in [3.8, 4) is 0 Å². The van der Waals surface area contributed by atoms with E-state index in [0.717, 1.165) is 29.8 Å². The van der Waals surface area contributed by atoms with Gasteiger partial charge in [-0.15, -0.1) is 0 Å². The van der Waals surface area contributed by atoms with Crippen molar-refractivity contribution < 1.29 is 5.11 Å². The van der Waals surface area contributed by atoms with Gasteiger partial charge in [-0.2, -0.15) is 0 Å². The summed E-state index contributed by atoms with van der Waals surface area (Å²) in [7, 11) is 0. The number of rotatable bonds is 3. The molecule has 3 atom stereocenters. The van der Waals surface area contributed by atoms with Crippen LogP contribution in [-0.4, -0.2) is 17.3 Å². The lowest BCUT2D eigenvalue weighted by Gasteiger charge is -2.23. The highest BCUT2D eigenvalue weighted by Gasteiger charge is 2.26. The van der Waals surface area contributed by atoms with Crippen molar-refractivity contribution in [2.24, 2.45) is 0 Å². The minimum absolute atomic E-state index is 0.187. The molecular weight excluding hydrogens is 222 g/mol. The molecule has 1 fully saturated rings. The summed E-state index contributed by atoms with van der Waals surface area (Å²) in [6, 6.07) is 8.26. The molecule has 0 saturated heterocycles. The summed E-state index contributed by atoms with van der Waals surface area (Å²) in [4.78, 5) is 0.